The van der Waals surface area contributed by atoms with Crippen molar-refractivity contribution in [1.29, 1.82) is 0 Å². The first-order valence-electron chi connectivity index (χ1n) is 5.62. The number of likely N-dealkylation sites (tertiary alicyclic amines) is 1. The second kappa shape index (κ2) is 4.94. The van der Waals surface area contributed by atoms with Crippen molar-refractivity contribution in [3.8, 4) is 0 Å². The van der Waals surface area contributed by atoms with Crippen molar-refractivity contribution in [2.75, 3.05) is 27.2 Å². The fraction of sp³-hybridized carbons (Fsp3) is 0.909. The minimum Gasteiger partial charge on any atom is -0.335 e. The van der Waals surface area contributed by atoms with Crippen molar-refractivity contribution in [1.82, 2.24) is 9.80 Å². The van der Waals surface area contributed by atoms with Crippen LogP contribution >= 0.6 is 0 Å². The molecule has 1 saturated heterocycles. The summed E-state index contributed by atoms with van der Waals surface area (Å²) in [6, 6.07) is 0.0779. The van der Waals surface area contributed by atoms with Crippen molar-refractivity contribution >= 4 is 5.91 Å². The molecule has 0 aromatic heterocycles. The number of likely N-dealkylation sites (N-methyl/N-ethyl adjacent to an activating group) is 1. The number of nitrogens with two attached hydrogens (primary N) is 1. The number of amides is 1. The molecule has 0 radical (unpaired) electrons. The minimum atomic E-state index is -0.248. The van der Waals surface area contributed by atoms with E-state index in [-0.39, 0.29) is 11.9 Å². The van der Waals surface area contributed by atoms with Gasteiger partial charge in [0, 0.05) is 19.1 Å². The molecule has 1 heterocycles. The fourth-order valence-corrected chi connectivity index (χ4v) is 2.08. The third-order valence-electron chi connectivity index (χ3n) is 2.75. The van der Waals surface area contributed by atoms with Crippen LogP contribution in [0.25, 0.3) is 0 Å². The maximum Gasteiger partial charge on any atom is 0.241 e. The van der Waals surface area contributed by atoms with Crippen LogP contribution in [0.4, 0.5) is 0 Å². The van der Waals surface area contributed by atoms with Crippen LogP contribution in [0.5, 0.6) is 0 Å². The minimum absolute atomic E-state index is 0.113. The molecule has 4 heteroatoms. The molecule has 2 N–H and O–H groups in total. The third kappa shape index (κ3) is 3.18. The maximum atomic E-state index is 11.5. The van der Waals surface area contributed by atoms with Gasteiger partial charge in [0.15, 0.2) is 0 Å². The molecule has 0 aromatic carbocycles. The second-order valence-electron chi connectivity index (χ2n) is 5.14. The highest BCUT2D eigenvalue weighted by molar-refractivity contribution is 5.88. The van der Waals surface area contributed by atoms with Crippen LogP contribution in [-0.2, 0) is 4.79 Å². The Balaban J connectivity index is 2.52. The largest absolute Gasteiger partial charge is 0.335 e. The second-order valence-corrected chi connectivity index (χ2v) is 5.14. The van der Waals surface area contributed by atoms with E-state index in [1.54, 1.807) is 0 Å². The predicted octanol–water partition coefficient (Wildman–Crippen LogP) is 0.132. The number of rotatable bonds is 5. The molecule has 1 amide bonds. The summed E-state index contributed by atoms with van der Waals surface area (Å²) in [6.45, 7) is 6.03. The molecule has 88 valence electrons. The van der Waals surface area contributed by atoms with Crippen LogP contribution in [0.2, 0.25) is 0 Å². The highest BCUT2D eigenvalue weighted by atomic mass is 16.2. The summed E-state index contributed by atoms with van der Waals surface area (Å²) in [5, 5.41) is 0. The number of carbonyl (C=O) groups is 1. The molecule has 2 unspecified atom stereocenters. The van der Waals surface area contributed by atoms with Gasteiger partial charge in [-0.3, -0.25) is 4.79 Å². The van der Waals surface area contributed by atoms with Gasteiger partial charge in [0.1, 0.15) is 6.04 Å². The number of hydrogen-bond acceptors (Lipinski definition) is 3. The van der Waals surface area contributed by atoms with E-state index in [1.807, 2.05) is 19.0 Å². The van der Waals surface area contributed by atoms with Gasteiger partial charge in [0.25, 0.3) is 0 Å². The van der Waals surface area contributed by atoms with Gasteiger partial charge in [-0.05, 0) is 26.4 Å². The number of carbonyl (C=O) groups excluding carboxylic acids is 1. The van der Waals surface area contributed by atoms with Gasteiger partial charge >= 0.3 is 0 Å². The molecule has 1 fully saturated rings. The lowest BCUT2D eigenvalue weighted by Crippen LogP contribution is -2.65. The highest BCUT2D eigenvalue weighted by Crippen LogP contribution is 2.19. The van der Waals surface area contributed by atoms with Crippen LogP contribution in [0.1, 0.15) is 20.3 Å². The Bertz CT molecular complexity index is 218. The molecule has 0 saturated carbocycles. The molecule has 1 aliphatic heterocycles. The summed E-state index contributed by atoms with van der Waals surface area (Å²) in [7, 11) is 4.08. The van der Waals surface area contributed by atoms with Crippen LogP contribution < -0.4 is 5.73 Å². The Morgan fingerprint density at radius 2 is 2.13 bits per heavy atom. The van der Waals surface area contributed by atoms with Crippen molar-refractivity contribution < 1.29 is 4.79 Å². The van der Waals surface area contributed by atoms with E-state index in [4.69, 9.17) is 5.73 Å². The maximum absolute atomic E-state index is 11.5. The SMILES string of the molecule is CC(C)CC(CN(C)C)N1CC(N)C1=O. The molecule has 15 heavy (non-hydrogen) atoms. The molecule has 0 aromatic rings. The Morgan fingerprint density at radius 3 is 2.47 bits per heavy atom. The van der Waals surface area contributed by atoms with Crippen molar-refractivity contribution in [3.05, 3.63) is 0 Å². The van der Waals surface area contributed by atoms with E-state index in [9.17, 15) is 4.79 Å². The first-order valence-corrected chi connectivity index (χ1v) is 5.62. The number of β-lactam (4-membered cyclic amide) rings is 1. The lowest BCUT2D eigenvalue weighted by Gasteiger charge is -2.43. The van der Waals surface area contributed by atoms with Crippen molar-refractivity contribution in [2.45, 2.75) is 32.4 Å². The smallest absolute Gasteiger partial charge is 0.241 e. The summed E-state index contributed by atoms with van der Waals surface area (Å²) in [6.07, 6.45) is 1.05. The van der Waals surface area contributed by atoms with Gasteiger partial charge in [-0.15, -0.1) is 0 Å². The number of hydrogen-bond donors (Lipinski definition) is 1. The molecule has 0 bridgehead atoms. The van der Waals surface area contributed by atoms with E-state index in [2.05, 4.69) is 18.7 Å². The summed E-state index contributed by atoms with van der Waals surface area (Å²) in [5.74, 6) is 0.724. The van der Waals surface area contributed by atoms with E-state index in [1.165, 1.54) is 0 Å². The molecule has 4 nitrogen and oxygen atoms in total. The van der Waals surface area contributed by atoms with Crippen LogP contribution in [0.3, 0.4) is 0 Å². The summed E-state index contributed by atoms with van der Waals surface area (Å²) >= 11 is 0. The van der Waals surface area contributed by atoms with E-state index in [0.717, 1.165) is 19.5 Å². The summed E-state index contributed by atoms with van der Waals surface area (Å²) < 4.78 is 0. The highest BCUT2D eigenvalue weighted by Gasteiger charge is 2.38. The van der Waals surface area contributed by atoms with Gasteiger partial charge in [-0.2, -0.15) is 0 Å². The predicted molar refractivity (Wildman–Crippen MR) is 61.5 cm³/mol. The molecule has 0 aliphatic carbocycles. The van der Waals surface area contributed by atoms with Gasteiger partial charge in [0.2, 0.25) is 5.91 Å². The van der Waals surface area contributed by atoms with Crippen LogP contribution in [-0.4, -0.2) is 55.0 Å². The Kier molecular flexibility index (Phi) is 4.11. The average molecular weight is 213 g/mol. The summed E-state index contributed by atoms with van der Waals surface area (Å²) in [5.41, 5.74) is 5.61. The molecule has 1 aliphatic rings. The molecule has 2 atom stereocenters. The summed E-state index contributed by atoms with van der Waals surface area (Å²) in [4.78, 5) is 15.6. The van der Waals surface area contributed by atoms with Crippen LogP contribution in [0.15, 0.2) is 0 Å². The third-order valence-corrected chi connectivity index (χ3v) is 2.75. The Hall–Kier alpha value is -0.610. The normalized spacial score (nSPS) is 23.5. The lowest BCUT2D eigenvalue weighted by atomic mass is 9.97. The van der Waals surface area contributed by atoms with E-state index >= 15 is 0 Å². The zero-order chi connectivity index (χ0) is 11.6. The Labute approximate surface area is 92.4 Å². The Morgan fingerprint density at radius 1 is 1.53 bits per heavy atom. The van der Waals surface area contributed by atoms with Crippen molar-refractivity contribution in [2.24, 2.45) is 11.7 Å². The standard InChI is InChI=1S/C11H23N3O/c1-8(2)5-9(6-13(3)4)14-7-10(12)11(14)15/h8-10H,5-7,12H2,1-4H3. The first kappa shape index (κ1) is 12.5. The van der Waals surface area contributed by atoms with Crippen molar-refractivity contribution in [3.63, 3.8) is 0 Å². The van der Waals surface area contributed by atoms with Gasteiger partial charge in [0.05, 0.1) is 0 Å². The number of nitrogens with zero attached hydrogens (tertiary/aromatic N) is 2. The molecule has 1 rings (SSSR count). The van der Waals surface area contributed by atoms with Crippen LogP contribution in [0, 0.1) is 5.92 Å². The van der Waals surface area contributed by atoms with Gasteiger partial charge in [-0.1, -0.05) is 13.8 Å². The first-order chi connectivity index (χ1) is 6.91. The van der Waals surface area contributed by atoms with E-state index < -0.39 is 0 Å². The van der Waals surface area contributed by atoms with E-state index in [0.29, 0.717) is 12.0 Å². The fourth-order valence-electron chi connectivity index (χ4n) is 2.08. The molecule has 0 spiro atoms. The topological polar surface area (TPSA) is 49.6 Å². The zero-order valence-electron chi connectivity index (χ0n) is 10.2. The zero-order valence-corrected chi connectivity index (χ0v) is 10.2. The quantitative estimate of drug-likeness (QED) is 0.661. The molecular formula is C11H23N3O. The monoisotopic (exact) mass is 213 g/mol. The van der Waals surface area contributed by atoms with Gasteiger partial charge < -0.3 is 15.5 Å². The molecular weight excluding hydrogens is 190 g/mol. The van der Waals surface area contributed by atoms with Gasteiger partial charge in [-0.25, -0.2) is 0 Å². The lowest BCUT2D eigenvalue weighted by molar-refractivity contribution is -0.146. The average Bonchev–Trinajstić information content (AvgIpc) is 2.10.